The summed E-state index contributed by atoms with van der Waals surface area (Å²) in [5, 5.41) is 7.38. The van der Waals surface area contributed by atoms with Crippen LogP contribution < -0.4 is 10.6 Å². The van der Waals surface area contributed by atoms with Gasteiger partial charge in [-0.3, -0.25) is 14.8 Å². The number of nitrogens with one attached hydrogen (secondary N) is 2. The zero-order chi connectivity index (χ0) is 17.2. The van der Waals surface area contributed by atoms with Gasteiger partial charge >= 0.3 is 0 Å². The minimum atomic E-state index is -0.0725. The summed E-state index contributed by atoms with van der Waals surface area (Å²) in [7, 11) is 0. The lowest BCUT2D eigenvalue weighted by Gasteiger charge is -2.21. The van der Waals surface area contributed by atoms with E-state index >= 15 is 0 Å². The van der Waals surface area contributed by atoms with E-state index in [1.165, 1.54) is 11.1 Å². The van der Waals surface area contributed by atoms with Crippen molar-refractivity contribution in [3.05, 3.63) is 70.7 Å². The molecule has 5 heteroatoms. The van der Waals surface area contributed by atoms with E-state index in [0.29, 0.717) is 12.1 Å². The fourth-order valence-electron chi connectivity index (χ4n) is 3.37. The summed E-state index contributed by atoms with van der Waals surface area (Å²) in [5.41, 5.74) is 6.24. The first-order valence-electron chi connectivity index (χ1n) is 8.52. The molecule has 2 aromatic heterocycles. The summed E-state index contributed by atoms with van der Waals surface area (Å²) in [5.74, 6) is -0.0725. The van der Waals surface area contributed by atoms with Crippen molar-refractivity contribution in [1.82, 2.24) is 20.6 Å². The Hall–Kier alpha value is -2.79. The van der Waals surface area contributed by atoms with Crippen LogP contribution >= 0.6 is 0 Å². The Morgan fingerprint density at radius 3 is 3.12 bits per heavy atom. The van der Waals surface area contributed by atoms with Gasteiger partial charge in [-0.2, -0.15) is 0 Å². The summed E-state index contributed by atoms with van der Waals surface area (Å²) in [6.07, 6.45) is 4.68. The fraction of sp³-hybridized carbons (Fsp3) is 0.250. The van der Waals surface area contributed by atoms with E-state index in [-0.39, 0.29) is 5.91 Å². The van der Waals surface area contributed by atoms with Gasteiger partial charge < -0.3 is 10.6 Å². The van der Waals surface area contributed by atoms with Crippen molar-refractivity contribution in [1.29, 1.82) is 0 Å². The van der Waals surface area contributed by atoms with Crippen LogP contribution in [0, 0.1) is 6.92 Å². The molecule has 0 atom stereocenters. The van der Waals surface area contributed by atoms with E-state index in [0.717, 1.165) is 41.7 Å². The van der Waals surface area contributed by atoms with Gasteiger partial charge in [-0.05, 0) is 60.8 Å². The molecule has 25 heavy (non-hydrogen) atoms. The van der Waals surface area contributed by atoms with Crippen molar-refractivity contribution >= 4 is 16.8 Å². The van der Waals surface area contributed by atoms with Crippen LogP contribution in [-0.2, 0) is 19.5 Å². The van der Waals surface area contributed by atoms with Crippen LogP contribution in [0.15, 0.2) is 42.7 Å². The Balaban J connectivity index is 1.55. The van der Waals surface area contributed by atoms with E-state index < -0.39 is 0 Å². The number of nitrogens with zero attached hydrogens (tertiary/aromatic N) is 2. The highest BCUT2D eigenvalue weighted by Crippen LogP contribution is 2.20. The second-order valence-electron chi connectivity index (χ2n) is 6.35. The summed E-state index contributed by atoms with van der Waals surface area (Å²) < 4.78 is 0. The Labute approximate surface area is 146 Å². The van der Waals surface area contributed by atoms with Crippen LogP contribution in [0.5, 0.6) is 0 Å². The Bertz CT molecular complexity index is 952. The van der Waals surface area contributed by atoms with E-state index in [1.54, 1.807) is 6.20 Å². The SMILES string of the molecule is Cc1ncc2c(c1CNC(=O)c1ccc3ncccc3c1)CCNC2. The average Bonchev–Trinajstić information content (AvgIpc) is 2.66. The van der Waals surface area contributed by atoms with Gasteiger partial charge in [0, 0.05) is 42.1 Å². The summed E-state index contributed by atoms with van der Waals surface area (Å²) >= 11 is 0. The number of hydrogen-bond acceptors (Lipinski definition) is 4. The summed E-state index contributed by atoms with van der Waals surface area (Å²) in [6, 6.07) is 9.43. The van der Waals surface area contributed by atoms with Gasteiger partial charge in [-0.25, -0.2) is 0 Å². The molecule has 1 amide bonds. The molecule has 1 aromatic carbocycles. The predicted molar refractivity (Wildman–Crippen MR) is 97.3 cm³/mol. The number of aryl methyl sites for hydroxylation is 1. The van der Waals surface area contributed by atoms with E-state index in [2.05, 4.69) is 20.6 Å². The number of rotatable bonds is 3. The van der Waals surface area contributed by atoms with Gasteiger partial charge in [0.2, 0.25) is 0 Å². The number of aromatic nitrogens is 2. The third-order valence-corrected chi connectivity index (χ3v) is 4.76. The maximum atomic E-state index is 12.6. The molecule has 0 aliphatic carbocycles. The molecule has 0 radical (unpaired) electrons. The molecular formula is C20H20N4O. The average molecular weight is 332 g/mol. The van der Waals surface area contributed by atoms with Crippen LogP contribution in [0.4, 0.5) is 0 Å². The molecule has 0 saturated carbocycles. The van der Waals surface area contributed by atoms with Crippen LogP contribution in [-0.4, -0.2) is 22.4 Å². The molecule has 5 nitrogen and oxygen atoms in total. The highest BCUT2D eigenvalue weighted by atomic mass is 16.1. The molecular weight excluding hydrogens is 312 g/mol. The monoisotopic (exact) mass is 332 g/mol. The number of amides is 1. The van der Waals surface area contributed by atoms with Gasteiger partial charge in [0.25, 0.3) is 5.91 Å². The molecule has 4 rings (SSSR count). The molecule has 0 spiro atoms. The van der Waals surface area contributed by atoms with Crippen molar-refractivity contribution in [2.45, 2.75) is 26.4 Å². The number of fused-ring (bicyclic) bond motifs is 2. The van der Waals surface area contributed by atoms with E-state index in [1.807, 2.05) is 43.5 Å². The first-order chi connectivity index (χ1) is 12.2. The number of hydrogen-bond donors (Lipinski definition) is 2. The lowest BCUT2D eigenvalue weighted by molar-refractivity contribution is 0.0951. The second-order valence-corrected chi connectivity index (χ2v) is 6.35. The standard InChI is InChI=1S/C20H20N4O/c1-13-18(17-6-8-21-10-16(17)11-23-13)12-24-20(25)15-4-5-19-14(9-15)3-2-7-22-19/h2-5,7,9,11,21H,6,8,10,12H2,1H3,(H,24,25). The highest BCUT2D eigenvalue weighted by molar-refractivity contribution is 5.97. The maximum Gasteiger partial charge on any atom is 0.251 e. The molecule has 2 N–H and O–H groups in total. The molecule has 0 unspecified atom stereocenters. The van der Waals surface area contributed by atoms with Crippen molar-refractivity contribution in [3.8, 4) is 0 Å². The van der Waals surface area contributed by atoms with E-state index in [9.17, 15) is 4.79 Å². The smallest absolute Gasteiger partial charge is 0.251 e. The lowest BCUT2D eigenvalue weighted by Crippen LogP contribution is -2.28. The summed E-state index contributed by atoms with van der Waals surface area (Å²) in [4.78, 5) is 21.4. The quantitative estimate of drug-likeness (QED) is 0.773. The van der Waals surface area contributed by atoms with Gasteiger partial charge in [0.1, 0.15) is 0 Å². The zero-order valence-electron chi connectivity index (χ0n) is 14.2. The van der Waals surface area contributed by atoms with Gasteiger partial charge in [-0.15, -0.1) is 0 Å². The van der Waals surface area contributed by atoms with Gasteiger partial charge in [-0.1, -0.05) is 6.07 Å². The largest absolute Gasteiger partial charge is 0.348 e. The van der Waals surface area contributed by atoms with E-state index in [4.69, 9.17) is 0 Å². The molecule has 1 aliphatic rings. The number of carbonyl (C=O) groups excluding carboxylic acids is 1. The fourth-order valence-corrected chi connectivity index (χ4v) is 3.37. The van der Waals surface area contributed by atoms with Crippen molar-refractivity contribution in [2.75, 3.05) is 6.54 Å². The molecule has 3 aromatic rings. The van der Waals surface area contributed by atoms with Crippen molar-refractivity contribution < 1.29 is 4.79 Å². The molecule has 126 valence electrons. The molecule has 0 saturated heterocycles. The Morgan fingerprint density at radius 1 is 1.28 bits per heavy atom. The molecule has 0 fully saturated rings. The first kappa shape index (κ1) is 15.7. The third-order valence-electron chi connectivity index (χ3n) is 4.76. The topological polar surface area (TPSA) is 66.9 Å². The maximum absolute atomic E-state index is 12.6. The van der Waals surface area contributed by atoms with Gasteiger partial charge in [0.15, 0.2) is 0 Å². The van der Waals surface area contributed by atoms with Crippen LogP contribution in [0.3, 0.4) is 0 Å². The zero-order valence-corrected chi connectivity index (χ0v) is 14.2. The number of benzene rings is 1. The molecule has 3 heterocycles. The Kier molecular flexibility index (Phi) is 4.15. The number of carbonyl (C=O) groups is 1. The highest BCUT2D eigenvalue weighted by Gasteiger charge is 2.16. The van der Waals surface area contributed by atoms with Crippen LogP contribution in [0.2, 0.25) is 0 Å². The van der Waals surface area contributed by atoms with Gasteiger partial charge in [0.05, 0.1) is 5.52 Å². The van der Waals surface area contributed by atoms with Crippen molar-refractivity contribution in [3.63, 3.8) is 0 Å². The minimum Gasteiger partial charge on any atom is -0.348 e. The molecule has 0 bridgehead atoms. The first-order valence-corrected chi connectivity index (χ1v) is 8.52. The van der Waals surface area contributed by atoms with Crippen molar-refractivity contribution in [2.24, 2.45) is 0 Å². The Morgan fingerprint density at radius 2 is 2.20 bits per heavy atom. The normalized spacial score (nSPS) is 13.5. The minimum absolute atomic E-state index is 0.0725. The third kappa shape index (κ3) is 3.10. The van der Waals surface area contributed by atoms with Crippen LogP contribution in [0.25, 0.3) is 10.9 Å². The number of pyridine rings is 2. The lowest BCUT2D eigenvalue weighted by atomic mass is 9.96. The summed E-state index contributed by atoms with van der Waals surface area (Å²) in [6.45, 7) is 4.33. The molecule has 1 aliphatic heterocycles. The predicted octanol–water partition coefficient (Wildman–Crippen LogP) is 2.51. The second kappa shape index (κ2) is 6.61. The van der Waals surface area contributed by atoms with Crippen LogP contribution in [0.1, 0.15) is 32.7 Å².